The quantitative estimate of drug-likeness (QED) is 0.170. The Bertz CT molecular complexity index is 1510. The van der Waals surface area contributed by atoms with Crippen LogP contribution in [0.1, 0.15) is 25.7 Å². The van der Waals surface area contributed by atoms with Gasteiger partial charge >= 0.3 is 66.1 Å². The van der Waals surface area contributed by atoms with Gasteiger partial charge in [0.05, 0.1) is 0 Å². The summed E-state index contributed by atoms with van der Waals surface area (Å²) in [5.41, 5.74) is -10.6. The van der Waals surface area contributed by atoms with E-state index in [-0.39, 0.29) is 35.0 Å². The average molecular weight is 915 g/mol. The van der Waals surface area contributed by atoms with E-state index in [0.29, 0.717) is 74.9 Å². The second-order valence-corrected chi connectivity index (χ2v) is 13.9. The van der Waals surface area contributed by atoms with Crippen LogP contribution in [0.4, 0.5) is 26.3 Å². The van der Waals surface area contributed by atoms with Crippen LogP contribution in [0.25, 0.3) is 0 Å². The second kappa shape index (κ2) is 24.4. The zero-order valence-electron chi connectivity index (χ0n) is 28.4. The number of halogens is 6. The summed E-state index contributed by atoms with van der Waals surface area (Å²) in [6, 6.07) is 0. The number of hydrogen-bond acceptors (Lipinski definition) is 10. The van der Waals surface area contributed by atoms with E-state index in [1.807, 2.05) is 0 Å². The predicted octanol–water partition coefficient (Wildman–Crippen LogP) is 4.06. The van der Waals surface area contributed by atoms with Crippen molar-refractivity contribution in [2.75, 3.05) is 0 Å². The predicted molar refractivity (Wildman–Crippen MR) is 165 cm³/mol. The van der Waals surface area contributed by atoms with Gasteiger partial charge in [0.2, 0.25) is 0 Å². The number of rotatable bonds is 2. The van der Waals surface area contributed by atoms with Crippen LogP contribution in [-0.4, -0.2) is 66.7 Å². The van der Waals surface area contributed by atoms with Gasteiger partial charge < -0.3 is 0 Å². The first kappa shape index (κ1) is 46.1. The fourth-order valence-electron chi connectivity index (χ4n) is 4.41. The van der Waals surface area contributed by atoms with Gasteiger partial charge in [-0.2, -0.15) is 26.3 Å². The number of carbonyl (C=O) groups is 4. The van der Waals surface area contributed by atoms with Crippen molar-refractivity contribution in [3.63, 3.8) is 0 Å². The molecule has 4 unspecified atom stereocenters. The summed E-state index contributed by atoms with van der Waals surface area (Å²) in [6.07, 6.45) is 25.4. The molecule has 0 spiro atoms. The molecule has 2 bridgehead atoms. The molecule has 0 aliphatic heterocycles. The van der Waals surface area contributed by atoms with E-state index in [1.54, 1.807) is 0 Å². The molecule has 0 amide bonds. The van der Waals surface area contributed by atoms with Crippen molar-refractivity contribution >= 4 is 55.6 Å². The molecule has 0 aromatic carbocycles. The van der Waals surface area contributed by atoms with Gasteiger partial charge in [-0.1, -0.05) is 50.1 Å². The van der Waals surface area contributed by atoms with Crippen LogP contribution in [-0.2, 0) is 93.6 Å². The Labute approximate surface area is 320 Å². The molecule has 0 saturated heterocycles. The van der Waals surface area contributed by atoms with Crippen molar-refractivity contribution in [3.05, 3.63) is 72.9 Å². The monoisotopic (exact) mass is 912 g/mol. The molecule has 0 aromatic rings. The van der Waals surface area contributed by atoms with Crippen molar-refractivity contribution in [3.8, 4) is 0 Å². The van der Waals surface area contributed by atoms with E-state index in [2.05, 4.69) is 36.5 Å². The Morgan fingerprint density at radius 2 is 0.900 bits per heavy atom. The third kappa shape index (κ3) is 17.5. The van der Waals surface area contributed by atoms with Crippen molar-refractivity contribution in [1.29, 1.82) is 2.67 Å². The van der Waals surface area contributed by atoms with Crippen molar-refractivity contribution in [1.82, 2.24) is 0 Å². The first-order valence-corrected chi connectivity index (χ1v) is 19.1. The number of ketones is 4. The first-order chi connectivity index (χ1) is 23.9. The minimum atomic E-state index is -5.30. The molecule has 0 N–H and O–H groups in total. The molecule has 0 radical (unpaired) electrons. The zero-order chi connectivity index (χ0) is 41.1. The van der Waals surface area contributed by atoms with Crippen LogP contribution < -0.4 is 0 Å². The molecule has 6 rings (SSSR count). The van der Waals surface area contributed by atoms with E-state index >= 15 is 0 Å². The Balaban J connectivity index is 0. The maximum atomic E-state index is 11.7. The van der Waals surface area contributed by atoms with Crippen LogP contribution >= 0.6 is 0 Å². The van der Waals surface area contributed by atoms with Gasteiger partial charge in [0, 0.05) is 11.8 Å². The van der Waals surface area contributed by atoms with Gasteiger partial charge in [0.1, 0.15) is 0 Å². The molecule has 6 aliphatic rings. The van der Waals surface area contributed by atoms with Crippen LogP contribution in [0.3, 0.4) is 0 Å². The van der Waals surface area contributed by atoms with Gasteiger partial charge in [-0.25, -0.2) is 16.8 Å². The van der Waals surface area contributed by atoms with Gasteiger partial charge in [-0.05, 0) is 76.6 Å². The Morgan fingerprint density at radius 3 is 1.06 bits per heavy atom. The minimum absolute atomic E-state index is 0.0313. The van der Waals surface area contributed by atoms with E-state index in [0.717, 1.165) is 12.8 Å². The number of fused-ring (bicyclic) bond motifs is 1. The fourth-order valence-corrected chi connectivity index (χ4v) is 4.94. The van der Waals surface area contributed by atoms with Gasteiger partial charge in [0.15, 0.2) is 42.5 Å². The third-order valence-electron chi connectivity index (χ3n) is 6.79. The van der Waals surface area contributed by atoms with E-state index < -0.39 is 43.4 Å². The van der Waals surface area contributed by atoms with Gasteiger partial charge in [-0.3, -0.25) is 19.2 Å². The summed E-state index contributed by atoms with van der Waals surface area (Å²) < 4.78 is 138. The topological polar surface area (TPSA) is 171 Å². The second-order valence-electron chi connectivity index (χ2n) is 9.84. The van der Waals surface area contributed by atoms with E-state index in [9.17, 15) is 62.4 Å². The number of alkyl halides is 6. The van der Waals surface area contributed by atoms with Gasteiger partial charge in [0.25, 0.3) is 13.0 Å². The molecule has 0 aromatic heterocycles. The van der Waals surface area contributed by atoms with E-state index in [4.69, 9.17) is 8.30 Å². The molecular formula is C28H32B2F6O10S2Zr2. The summed E-state index contributed by atoms with van der Waals surface area (Å²) >= 11 is 0.600. The molecule has 1 fully saturated rings. The summed E-state index contributed by atoms with van der Waals surface area (Å²) in [5.74, 6) is 0.668. The van der Waals surface area contributed by atoms with Crippen LogP contribution in [0.15, 0.2) is 72.9 Å². The third-order valence-corrected chi connectivity index (χ3v) is 9.32. The number of hydrogen-bond donors (Lipinski definition) is 0. The molecular weight excluding hydrogens is 878 g/mol. The maximum absolute atomic E-state index is 11.7. The average Bonchev–Trinajstić information content (AvgIpc) is 3.10. The number of carbonyl (C=O) groups excluding carboxylic acids is 4. The standard InChI is InChI=1S/C12H12O2.C6H4O2.C6H8.2C2H4BF3O2S.2O.2Zr/c13-9-5-6-10(14)12-8-2-1-7(3-4-8)11(9)12;7-5-1-2-6(8)4-3-5;1-2-4-6-5-3-1;2*1-3-9(7,8)2(4,5)6;;;;/h1-2,5-8,11-12H,3-4H2;1-4H;1-4H,5-6H2;2*3H,1H3;;;;/i;;;2*3T;;;;. The van der Waals surface area contributed by atoms with E-state index in [1.165, 1.54) is 49.3 Å². The summed E-state index contributed by atoms with van der Waals surface area (Å²) in [4.78, 5) is 43.9. The fraction of sp³-hybridized carbons (Fsp3) is 0.429. The van der Waals surface area contributed by atoms with Crippen LogP contribution in [0.5, 0.6) is 0 Å². The molecule has 4 atom stereocenters. The van der Waals surface area contributed by atoms with Crippen molar-refractivity contribution < 1.29 is 117 Å². The Kier molecular flexibility index (Phi) is 22.5. The Hall–Kier alpha value is -1.90. The summed E-state index contributed by atoms with van der Waals surface area (Å²) in [5, 5.41) is 0. The molecule has 22 heteroatoms. The molecule has 1 saturated carbocycles. The summed E-state index contributed by atoms with van der Waals surface area (Å²) in [6.45, 7) is -2.98. The molecule has 6 aliphatic carbocycles. The Morgan fingerprint density at radius 1 is 0.620 bits per heavy atom. The molecule has 272 valence electrons. The molecule has 0 heterocycles. The SMILES string of the molecule is C1=CCCC=C1.O=C1C=CC(=O)C2C3C=CC(CC3)C12.O=C1C=CC(=O)C=C1.[3H]B(C)S(=O)(=O)C(F)(F)F.[3H]B(C)S(=O)(=O)C(F)(F)F.[O]=[Zr].[O]=[Zr]. The van der Waals surface area contributed by atoms with Crippen molar-refractivity contribution in [2.24, 2.45) is 23.7 Å². The summed E-state index contributed by atoms with van der Waals surface area (Å²) in [7, 11) is -10.5. The van der Waals surface area contributed by atoms with Crippen molar-refractivity contribution in [2.45, 2.75) is 50.3 Å². The van der Waals surface area contributed by atoms with Crippen LogP contribution in [0.2, 0.25) is 13.6 Å². The molecule has 50 heavy (non-hydrogen) atoms. The first-order valence-electron chi connectivity index (χ1n) is 15.2. The van der Waals surface area contributed by atoms with Crippen LogP contribution in [0, 0.1) is 23.7 Å². The van der Waals surface area contributed by atoms with Gasteiger partial charge in [-0.15, -0.1) is 0 Å². The zero-order valence-corrected chi connectivity index (χ0v) is 32.9. The normalized spacial score (nSPS) is 22.9. The molecule has 10 nitrogen and oxygen atoms in total. The number of allylic oxidation sites excluding steroid dienone is 12.